The van der Waals surface area contributed by atoms with Gasteiger partial charge in [0.05, 0.1) is 36.3 Å². The van der Waals surface area contributed by atoms with Gasteiger partial charge in [-0.15, -0.1) is 0 Å². The number of aromatic nitrogens is 3. The number of phosphoric acid groups is 1. The maximum Gasteiger partial charge on any atom is 0.475 e. The summed E-state index contributed by atoms with van der Waals surface area (Å²) in [6.07, 6.45) is -0.852. The van der Waals surface area contributed by atoms with E-state index in [9.17, 15) is 20.0 Å². The van der Waals surface area contributed by atoms with Crippen molar-refractivity contribution in [1.82, 2.24) is 14.5 Å². The Morgan fingerprint density at radius 1 is 1.37 bits per heavy atom. The van der Waals surface area contributed by atoms with Gasteiger partial charge < -0.3 is 25.3 Å². The van der Waals surface area contributed by atoms with Crippen molar-refractivity contribution in [2.24, 2.45) is 0 Å². The number of aliphatic hydroxyl groups excluding tert-OH is 1. The molecule has 2 aliphatic rings. The topological polar surface area (TPSA) is 175 Å². The Morgan fingerprint density at radius 2 is 2.17 bits per heavy atom. The standard InChI is InChI=1S/C22H24N5O7P/c1-22(29)18(28)17(33-21(22)27-8-6-15-19(24)25-12-26-20(15)27)11-32-35(30)31-9-7-16(34-35)14-5-3-2-4-13(14)10-23/h2-6,8,12,16-18,21,28-29H,7,9,11H2,1H3,(H2,24,25,26)/t16-,17+,18+,21+,22+,35+/m0/s1. The summed E-state index contributed by atoms with van der Waals surface area (Å²) >= 11 is 0. The summed E-state index contributed by atoms with van der Waals surface area (Å²) in [4.78, 5) is 8.15. The zero-order valence-corrected chi connectivity index (χ0v) is 19.6. The molecule has 0 spiro atoms. The van der Waals surface area contributed by atoms with Crippen molar-refractivity contribution in [3.63, 3.8) is 0 Å². The van der Waals surface area contributed by atoms with Gasteiger partial charge in [0.1, 0.15) is 35.6 Å². The van der Waals surface area contributed by atoms with Crippen LogP contribution < -0.4 is 5.73 Å². The van der Waals surface area contributed by atoms with Gasteiger partial charge in [-0.05, 0) is 24.6 Å². The van der Waals surface area contributed by atoms with Gasteiger partial charge in [-0.25, -0.2) is 14.5 Å². The molecule has 6 atom stereocenters. The first-order valence-electron chi connectivity index (χ1n) is 10.9. The van der Waals surface area contributed by atoms with Gasteiger partial charge in [0.15, 0.2) is 6.23 Å². The minimum absolute atomic E-state index is 0.0899. The van der Waals surface area contributed by atoms with Crippen molar-refractivity contribution in [1.29, 1.82) is 5.26 Å². The molecule has 4 N–H and O–H groups in total. The zero-order chi connectivity index (χ0) is 24.8. The number of nitrogens with zero attached hydrogens (tertiary/aromatic N) is 4. The maximum atomic E-state index is 13.2. The Morgan fingerprint density at radius 3 is 2.97 bits per heavy atom. The second kappa shape index (κ2) is 8.96. The van der Waals surface area contributed by atoms with Crippen LogP contribution in [-0.2, 0) is 22.9 Å². The van der Waals surface area contributed by atoms with Gasteiger partial charge in [0.2, 0.25) is 0 Å². The summed E-state index contributed by atoms with van der Waals surface area (Å²) in [5, 5.41) is 31.8. The fourth-order valence-electron chi connectivity index (χ4n) is 4.39. The third-order valence-electron chi connectivity index (χ3n) is 6.26. The molecule has 2 fully saturated rings. The summed E-state index contributed by atoms with van der Waals surface area (Å²) in [5.41, 5.74) is 5.56. The Hall–Kier alpha value is -2.88. The number of benzene rings is 1. The first-order valence-corrected chi connectivity index (χ1v) is 12.4. The first kappa shape index (κ1) is 23.8. The van der Waals surface area contributed by atoms with Crippen LogP contribution in [0.4, 0.5) is 5.82 Å². The van der Waals surface area contributed by atoms with Crippen molar-refractivity contribution in [3.05, 3.63) is 54.0 Å². The van der Waals surface area contributed by atoms with Crippen molar-refractivity contribution in [2.75, 3.05) is 18.9 Å². The number of hydrogen-bond donors (Lipinski definition) is 3. The van der Waals surface area contributed by atoms with Crippen LogP contribution in [0.3, 0.4) is 0 Å². The Bertz CT molecular complexity index is 1340. The largest absolute Gasteiger partial charge is 0.475 e. The predicted molar refractivity (Wildman–Crippen MR) is 122 cm³/mol. The lowest BCUT2D eigenvalue weighted by molar-refractivity contribution is -0.0950. The summed E-state index contributed by atoms with van der Waals surface area (Å²) < 4.78 is 37.1. The highest BCUT2D eigenvalue weighted by atomic mass is 31.2. The zero-order valence-electron chi connectivity index (χ0n) is 18.7. The van der Waals surface area contributed by atoms with Crippen molar-refractivity contribution in [3.8, 4) is 6.07 Å². The van der Waals surface area contributed by atoms with E-state index >= 15 is 0 Å². The van der Waals surface area contributed by atoms with Crippen LogP contribution in [0.2, 0.25) is 0 Å². The van der Waals surface area contributed by atoms with Gasteiger partial charge in [-0.2, -0.15) is 5.26 Å². The van der Waals surface area contributed by atoms with Gasteiger partial charge in [0, 0.05) is 12.6 Å². The second-order valence-electron chi connectivity index (χ2n) is 8.57. The van der Waals surface area contributed by atoms with E-state index in [0.29, 0.717) is 28.6 Å². The molecule has 5 rings (SSSR count). The monoisotopic (exact) mass is 501 g/mol. The SMILES string of the molecule is C[C@@]1(O)[C@H](O)[C@@H](CO[P@@]2(=O)OCC[C@@H](c3ccccc3C#N)O2)O[C@H]1n1ccc2c(N)ncnc21. The molecule has 0 aliphatic carbocycles. The van der Waals surface area contributed by atoms with E-state index in [1.807, 2.05) is 0 Å². The van der Waals surface area contributed by atoms with Crippen LogP contribution in [0.15, 0.2) is 42.9 Å². The number of hydrogen-bond acceptors (Lipinski definition) is 11. The van der Waals surface area contributed by atoms with Crippen LogP contribution in [0.5, 0.6) is 0 Å². The van der Waals surface area contributed by atoms with E-state index in [1.54, 1.807) is 41.1 Å². The van der Waals surface area contributed by atoms with Crippen LogP contribution in [0, 0.1) is 11.3 Å². The summed E-state index contributed by atoms with van der Waals surface area (Å²) in [7, 11) is -4.04. The van der Waals surface area contributed by atoms with Crippen LogP contribution in [0.25, 0.3) is 11.0 Å². The molecule has 0 bridgehead atoms. The number of nitrogens with two attached hydrogens (primary N) is 1. The highest BCUT2D eigenvalue weighted by Gasteiger charge is 2.54. The number of ether oxygens (including phenoxy) is 1. The number of rotatable bonds is 5. The fraction of sp³-hybridized carbons (Fsp3) is 0.409. The molecular formula is C22H24N5O7P. The van der Waals surface area contributed by atoms with E-state index in [-0.39, 0.29) is 19.0 Å². The quantitative estimate of drug-likeness (QED) is 0.437. The van der Waals surface area contributed by atoms with Gasteiger partial charge in [0.25, 0.3) is 0 Å². The fourth-order valence-corrected chi connectivity index (χ4v) is 5.78. The normalized spacial score (nSPS) is 33.1. The van der Waals surface area contributed by atoms with E-state index in [1.165, 1.54) is 13.3 Å². The molecule has 2 aliphatic heterocycles. The molecule has 35 heavy (non-hydrogen) atoms. The molecule has 2 saturated heterocycles. The molecule has 0 amide bonds. The molecule has 4 heterocycles. The molecule has 1 aromatic carbocycles. The molecule has 12 nitrogen and oxygen atoms in total. The third-order valence-corrected chi connectivity index (χ3v) is 7.73. The second-order valence-corrected chi connectivity index (χ2v) is 10.2. The Balaban J connectivity index is 1.32. The number of phosphoric ester groups is 1. The molecule has 3 aromatic rings. The number of aliphatic hydroxyl groups is 2. The lowest BCUT2D eigenvalue weighted by Crippen LogP contribution is -2.44. The lowest BCUT2D eigenvalue weighted by atomic mass is 9.96. The minimum Gasteiger partial charge on any atom is -0.387 e. The highest BCUT2D eigenvalue weighted by Crippen LogP contribution is 2.57. The van der Waals surface area contributed by atoms with Gasteiger partial charge in [-0.1, -0.05) is 18.2 Å². The molecule has 0 radical (unpaired) electrons. The lowest BCUT2D eigenvalue weighted by Gasteiger charge is -2.30. The third kappa shape index (κ3) is 4.22. The summed E-state index contributed by atoms with van der Waals surface area (Å²) in [6.45, 7) is 1.13. The van der Waals surface area contributed by atoms with Crippen LogP contribution >= 0.6 is 7.82 Å². The molecule has 0 unspecified atom stereocenters. The molecule has 2 aromatic heterocycles. The predicted octanol–water partition coefficient (Wildman–Crippen LogP) is 2.20. The van der Waals surface area contributed by atoms with Crippen LogP contribution in [-0.4, -0.2) is 55.8 Å². The minimum atomic E-state index is -4.04. The summed E-state index contributed by atoms with van der Waals surface area (Å²) in [5.74, 6) is 0.268. The number of anilines is 1. The average molecular weight is 501 g/mol. The number of nitrogen functional groups attached to an aromatic ring is 1. The van der Waals surface area contributed by atoms with Crippen molar-refractivity contribution in [2.45, 2.75) is 43.5 Å². The van der Waals surface area contributed by atoms with Crippen LogP contribution in [0.1, 0.15) is 36.8 Å². The maximum absolute atomic E-state index is 13.2. The Labute approximate surface area is 200 Å². The van der Waals surface area contributed by atoms with E-state index in [2.05, 4.69) is 16.0 Å². The van der Waals surface area contributed by atoms with Crippen molar-refractivity contribution >= 4 is 24.7 Å². The molecular weight excluding hydrogens is 477 g/mol. The van der Waals surface area contributed by atoms with E-state index in [4.69, 9.17) is 24.0 Å². The van der Waals surface area contributed by atoms with Gasteiger partial charge in [-0.3, -0.25) is 13.6 Å². The average Bonchev–Trinajstić information content (AvgIpc) is 3.37. The summed E-state index contributed by atoms with van der Waals surface area (Å²) in [6, 6.07) is 10.6. The highest BCUT2D eigenvalue weighted by molar-refractivity contribution is 7.48. The number of fused-ring (bicyclic) bond motifs is 1. The molecule has 13 heteroatoms. The van der Waals surface area contributed by atoms with E-state index in [0.717, 1.165) is 0 Å². The van der Waals surface area contributed by atoms with Crippen molar-refractivity contribution < 1.29 is 33.1 Å². The smallest absolute Gasteiger partial charge is 0.387 e. The van der Waals surface area contributed by atoms with Gasteiger partial charge >= 0.3 is 7.82 Å². The molecule has 184 valence electrons. The molecule has 0 saturated carbocycles. The van der Waals surface area contributed by atoms with E-state index < -0.39 is 38.0 Å². The number of nitriles is 1. The first-order chi connectivity index (χ1) is 16.7. The Kier molecular flexibility index (Phi) is 6.11.